The number of benzene rings is 2. The first-order chi connectivity index (χ1) is 13.1. The minimum atomic E-state index is -0.0899. The fraction of sp³-hybridized carbons (Fsp3) is 0.238. The maximum Gasteiger partial charge on any atom is 0.270 e. The Hall–Kier alpha value is -2.79. The van der Waals surface area contributed by atoms with Crippen molar-refractivity contribution in [3.63, 3.8) is 0 Å². The number of fused-ring (bicyclic) bond motifs is 2. The van der Waals surface area contributed by atoms with Crippen molar-refractivity contribution in [3.05, 3.63) is 59.2 Å². The van der Waals surface area contributed by atoms with Crippen LogP contribution in [0, 0.1) is 11.8 Å². The molecule has 0 radical (unpaired) electrons. The summed E-state index contributed by atoms with van der Waals surface area (Å²) in [5.74, 6) is 0.110. The van der Waals surface area contributed by atoms with E-state index in [1.54, 1.807) is 4.90 Å². The second-order valence-corrected chi connectivity index (χ2v) is 7.69. The molecule has 6 heteroatoms. The number of hydrogen-bond donors (Lipinski definition) is 2. The molecule has 0 spiro atoms. The molecule has 0 unspecified atom stereocenters. The third kappa shape index (κ3) is 2.61. The van der Waals surface area contributed by atoms with Crippen molar-refractivity contribution in [2.24, 2.45) is 11.8 Å². The Morgan fingerprint density at radius 1 is 1.11 bits per heavy atom. The lowest BCUT2D eigenvalue weighted by Gasteiger charge is -2.17. The maximum absolute atomic E-state index is 13.4. The summed E-state index contributed by atoms with van der Waals surface area (Å²) in [4.78, 5) is 30.4. The Morgan fingerprint density at radius 2 is 1.93 bits per heavy atom. The number of amides is 2. The number of likely N-dealkylation sites (tertiary alicyclic amines) is 1. The van der Waals surface area contributed by atoms with Crippen LogP contribution in [0.1, 0.15) is 10.5 Å². The predicted molar refractivity (Wildman–Crippen MR) is 105 cm³/mol. The topological polar surface area (TPSA) is 65.2 Å². The first kappa shape index (κ1) is 16.4. The van der Waals surface area contributed by atoms with Crippen LogP contribution in [-0.4, -0.2) is 41.3 Å². The summed E-state index contributed by atoms with van der Waals surface area (Å²) in [6.07, 6.45) is 0. The minimum absolute atomic E-state index is 0.0574. The van der Waals surface area contributed by atoms with Crippen LogP contribution in [0.2, 0.25) is 5.02 Å². The van der Waals surface area contributed by atoms with Gasteiger partial charge in [-0.1, -0.05) is 41.9 Å². The number of nitrogens with zero attached hydrogens (tertiary/aromatic N) is 1. The highest BCUT2D eigenvalue weighted by Crippen LogP contribution is 2.36. The summed E-state index contributed by atoms with van der Waals surface area (Å²) in [5.41, 5.74) is 3.25. The zero-order valence-corrected chi connectivity index (χ0v) is 15.3. The van der Waals surface area contributed by atoms with Gasteiger partial charge in [0.1, 0.15) is 5.69 Å². The fourth-order valence-corrected chi connectivity index (χ4v) is 4.46. The molecule has 0 bridgehead atoms. The number of hydrogen-bond acceptors (Lipinski definition) is 2. The molecule has 3 aromatic rings. The quantitative estimate of drug-likeness (QED) is 0.717. The average Bonchev–Trinajstić information content (AvgIpc) is 3.36. The Balaban J connectivity index is 1.61. The van der Waals surface area contributed by atoms with Gasteiger partial charge < -0.3 is 15.2 Å². The molecule has 2 aromatic carbocycles. The van der Waals surface area contributed by atoms with E-state index in [-0.39, 0.29) is 23.7 Å². The molecule has 2 atom stereocenters. The van der Waals surface area contributed by atoms with E-state index in [0.29, 0.717) is 30.4 Å². The lowest BCUT2D eigenvalue weighted by atomic mass is 10.0. The SMILES string of the molecule is O=C1NC[C@H]2CN(C(=O)c3[nH]c4ccc(Cl)cc4c3-c3ccccc3)C[C@@H]12. The molecule has 2 N–H and O–H groups in total. The van der Waals surface area contributed by atoms with Gasteiger partial charge in [-0.3, -0.25) is 9.59 Å². The molecule has 5 nitrogen and oxygen atoms in total. The van der Waals surface area contributed by atoms with Crippen LogP contribution in [-0.2, 0) is 4.79 Å². The molecule has 2 saturated heterocycles. The smallest absolute Gasteiger partial charge is 0.270 e. The van der Waals surface area contributed by atoms with Gasteiger partial charge in [0, 0.05) is 47.0 Å². The molecule has 0 aliphatic carbocycles. The zero-order valence-electron chi connectivity index (χ0n) is 14.5. The molecule has 2 amide bonds. The lowest BCUT2D eigenvalue weighted by molar-refractivity contribution is -0.122. The third-order valence-electron chi connectivity index (χ3n) is 5.64. The first-order valence-electron chi connectivity index (χ1n) is 9.05. The Morgan fingerprint density at radius 3 is 2.70 bits per heavy atom. The summed E-state index contributed by atoms with van der Waals surface area (Å²) in [6, 6.07) is 15.4. The summed E-state index contributed by atoms with van der Waals surface area (Å²) in [5, 5.41) is 4.44. The standard InChI is InChI=1S/C21H18ClN3O2/c22-14-6-7-17-15(8-14)18(12-4-2-1-3-5-12)19(24-17)21(27)25-10-13-9-23-20(26)16(13)11-25/h1-8,13,16,24H,9-11H2,(H,23,26)/t13-,16+/m0/s1. The van der Waals surface area contributed by atoms with Gasteiger partial charge in [-0.05, 0) is 23.8 Å². The van der Waals surface area contributed by atoms with Crippen molar-refractivity contribution in [2.45, 2.75) is 0 Å². The van der Waals surface area contributed by atoms with E-state index in [1.807, 2.05) is 48.5 Å². The normalized spacial score (nSPS) is 21.5. The molecular weight excluding hydrogens is 362 g/mol. The highest BCUT2D eigenvalue weighted by molar-refractivity contribution is 6.31. The Kier molecular flexibility index (Phi) is 3.72. The van der Waals surface area contributed by atoms with Gasteiger partial charge in [0.15, 0.2) is 0 Å². The van der Waals surface area contributed by atoms with E-state index in [9.17, 15) is 9.59 Å². The Labute approximate surface area is 161 Å². The van der Waals surface area contributed by atoms with Gasteiger partial charge in [-0.15, -0.1) is 0 Å². The van der Waals surface area contributed by atoms with Crippen molar-refractivity contribution in [3.8, 4) is 11.1 Å². The number of carbonyl (C=O) groups is 2. The molecular formula is C21H18ClN3O2. The van der Waals surface area contributed by atoms with Crippen LogP contribution in [0.5, 0.6) is 0 Å². The summed E-state index contributed by atoms with van der Waals surface area (Å²) >= 11 is 6.22. The second-order valence-electron chi connectivity index (χ2n) is 7.25. The van der Waals surface area contributed by atoms with Crippen LogP contribution in [0.25, 0.3) is 22.0 Å². The van der Waals surface area contributed by atoms with E-state index in [2.05, 4.69) is 10.3 Å². The number of H-pyrrole nitrogens is 1. The van der Waals surface area contributed by atoms with E-state index < -0.39 is 0 Å². The fourth-order valence-electron chi connectivity index (χ4n) is 4.29. The number of carbonyl (C=O) groups excluding carboxylic acids is 2. The van der Waals surface area contributed by atoms with Crippen molar-refractivity contribution in [1.29, 1.82) is 0 Å². The lowest BCUT2D eigenvalue weighted by Crippen LogP contribution is -2.33. The van der Waals surface area contributed by atoms with E-state index in [1.165, 1.54) is 0 Å². The van der Waals surface area contributed by atoms with Crippen molar-refractivity contribution < 1.29 is 9.59 Å². The van der Waals surface area contributed by atoms with Gasteiger partial charge in [-0.25, -0.2) is 0 Å². The monoisotopic (exact) mass is 379 g/mol. The van der Waals surface area contributed by atoms with Crippen LogP contribution in [0.3, 0.4) is 0 Å². The van der Waals surface area contributed by atoms with Crippen LogP contribution < -0.4 is 5.32 Å². The number of aromatic amines is 1. The second kappa shape index (κ2) is 6.13. The van der Waals surface area contributed by atoms with Crippen molar-refractivity contribution in [2.75, 3.05) is 19.6 Å². The molecule has 3 heterocycles. The average molecular weight is 380 g/mol. The molecule has 5 rings (SSSR count). The van der Waals surface area contributed by atoms with Crippen LogP contribution in [0.15, 0.2) is 48.5 Å². The summed E-state index contributed by atoms with van der Waals surface area (Å²) in [6.45, 7) is 1.73. The first-order valence-corrected chi connectivity index (χ1v) is 9.43. The summed E-state index contributed by atoms with van der Waals surface area (Å²) in [7, 11) is 0. The van der Waals surface area contributed by atoms with Crippen LogP contribution >= 0.6 is 11.6 Å². The minimum Gasteiger partial charge on any atom is -0.355 e. The molecule has 2 aliphatic heterocycles. The number of nitrogens with one attached hydrogen (secondary N) is 2. The zero-order chi connectivity index (χ0) is 18.5. The summed E-state index contributed by atoms with van der Waals surface area (Å²) < 4.78 is 0. The van der Waals surface area contributed by atoms with Crippen molar-refractivity contribution >= 4 is 34.3 Å². The molecule has 2 aliphatic rings. The van der Waals surface area contributed by atoms with Gasteiger partial charge in [0.25, 0.3) is 5.91 Å². The van der Waals surface area contributed by atoms with Gasteiger partial charge in [0.05, 0.1) is 5.92 Å². The molecule has 27 heavy (non-hydrogen) atoms. The maximum atomic E-state index is 13.4. The van der Waals surface area contributed by atoms with Crippen LogP contribution in [0.4, 0.5) is 0 Å². The highest BCUT2D eigenvalue weighted by atomic mass is 35.5. The number of halogens is 1. The predicted octanol–water partition coefficient (Wildman–Crippen LogP) is 3.31. The van der Waals surface area contributed by atoms with Crippen molar-refractivity contribution in [1.82, 2.24) is 15.2 Å². The number of aromatic nitrogens is 1. The van der Waals surface area contributed by atoms with E-state index in [0.717, 1.165) is 22.0 Å². The largest absolute Gasteiger partial charge is 0.355 e. The molecule has 0 saturated carbocycles. The van der Waals surface area contributed by atoms with E-state index in [4.69, 9.17) is 11.6 Å². The van der Waals surface area contributed by atoms with Gasteiger partial charge in [-0.2, -0.15) is 0 Å². The van der Waals surface area contributed by atoms with Gasteiger partial charge >= 0.3 is 0 Å². The highest BCUT2D eigenvalue weighted by Gasteiger charge is 2.44. The molecule has 136 valence electrons. The molecule has 1 aromatic heterocycles. The number of rotatable bonds is 2. The Bertz CT molecular complexity index is 1060. The molecule has 2 fully saturated rings. The van der Waals surface area contributed by atoms with E-state index >= 15 is 0 Å². The van der Waals surface area contributed by atoms with Gasteiger partial charge in [0.2, 0.25) is 5.91 Å². The third-order valence-corrected chi connectivity index (χ3v) is 5.88.